The molecule has 2 aromatic carbocycles. The summed E-state index contributed by atoms with van der Waals surface area (Å²) in [6, 6.07) is 13.2. The summed E-state index contributed by atoms with van der Waals surface area (Å²) >= 11 is 0. The van der Waals surface area contributed by atoms with Gasteiger partial charge in [-0.3, -0.25) is 10.1 Å². The van der Waals surface area contributed by atoms with Crippen LogP contribution in [0.2, 0.25) is 0 Å². The van der Waals surface area contributed by atoms with Gasteiger partial charge >= 0.3 is 8.03 Å². The molecule has 0 heterocycles. The monoisotopic (exact) mass is 290 g/mol. The molecular formula is C14H13NO4P+. The number of hydrogen-bond acceptors (Lipinski definition) is 3. The molecule has 102 valence electrons. The Bertz CT molecular complexity index is 614. The maximum absolute atomic E-state index is 11.4. The quantitative estimate of drug-likeness (QED) is 0.533. The average molecular weight is 290 g/mol. The van der Waals surface area contributed by atoms with Crippen molar-refractivity contribution in [3.8, 4) is 0 Å². The van der Waals surface area contributed by atoms with Gasteiger partial charge in [-0.2, -0.15) is 4.89 Å². The van der Waals surface area contributed by atoms with Gasteiger partial charge in [0.25, 0.3) is 5.69 Å². The molecule has 0 aliphatic heterocycles. The molecule has 0 amide bonds. The van der Waals surface area contributed by atoms with E-state index in [9.17, 15) is 19.6 Å². The van der Waals surface area contributed by atoms with E-state index in [1.54, 1.807) is 49.4 Å². The number of para-hydroxylation sites is 1. The molecule has 2 atom stereocenters. The van der Waals surface area contributed by atoms with Crippen LogP contribution in [0.5, 0.6) is 0 Å². The Labute approximate surface area is 116 Å². The maximum Gasteiger partial charge on any atom is 0.546 e. The van der Waals surface area contributed by atoms with Crippen LogP contribution in [0.25, 0.3) is 0 Å². The number of benzene rings is 2. The number of rotatable bonds is 4. The lowest BCUT2D eigenvalue weighted by Gasteiger charge is -2.12. The van der Waals surface area contributed by atoms with E-state index in [0.29, 0.717) is 16.4 Å². The van der Waals surface area contributed by atoms with Crippen LogP contribution in [0.15, 0.2) is 48.5 Å². The second-order valence-corrected chi connectivity index (χ2v) is 5.40. The van der Waals surface area contributed by atoms with Crippen LogP contribution in [0.3, 0.4) is 0 Å². The summed E-state index contributed by atoms with van der Waals surface area (Å²) in [5.74, 6) is -0.334. The van der Waals surface area contributed by atoms with Crippen LogP contribution in [-0.4, -0.2) is 9.82 Å². The number of nitro benzene ring substituents is 1. The van der Waals surface area contributed by atoms with Crippen molar-refractivity contribution in [1.82, 2.24) is 0 Å². The molecule has 5 nitrogen and oxygen atoms in total. The summed E-state index contributed by atoms with van der Waals surface area (Å²) in [4.78, 5) is 20.0. The molecule has 0 saturated heterocycles. The lowest BCUT2D eigenvalue weighted by molar-refractivity contribution is -0.385. The van der Waals surface area contributed by atoms with Crippen LogP contribution >= 0.6 is 8.03 Å². The van der Waals surface area contributed by atoms with Crippen molar-refractivity contribution in [1.29, 1.82) is 0 Å². The van der Waals surface area contributed by atoms with E-state index in [0.717, 1.165) is 0 Å². The first-order chi connectivity index (χ1) is 9.52. The maximum atomic E-state index is 11.4. The van der Waals surface area contributed by atoms with Gasteiger partial charge < -0.3 is 0 Å². The third-order valence-corrected chi connectivity index (χ3v) is 4.03. The van der Waals surface area contributed by atoms with E-state index in [1.165, 1.54) is 6.07 Å². The minimum atomic E-state index is -2.48. The molecule has 0 saturated carbocycles. The fourth-order valence-electron chi connectivity index (χ4n) is 2.22. The van der Waals surface area contributed by atoms with Crippen molar-refractivity contribution < 1.29 is 14.4 Å². The van der Waals surface area contributed by atoms with Crippen LogP contribution in [0, 0.1) is 10.1 Å². The van der Waals surface area contributed by atoms with Crippen LogP contribution in [-0.2, 0) is 4.57 Å². The molecule has 0 fully saturated rings. The lowest BCUT2D eigenvalue weighted by Crippen LogP contribution is -2.11. The summed E-state index contributed by atoms with van der Waals surface area (Å²) < 4.78 is 11.4. The van der Waals surface area contributed by atoms with Gasteiger partial charge in [-0.25, -0.2) is 0 Å². The molecule has 2 aromatic rings. The van der Waals surface area contributed by atoms with Crippen LogP contribution in [0.1, 0.15) is 24.0 Å². The zero-order valence-corrected chi connectivity index (χ0v) is 11.7. The van der Waals surface area contributed by atoms with Gasteiger partial charge in [-0.15, -0.1) is 0 Å². The van der Waals surface area contributed by atoms with Gasteiger partial charge in [0.2, 0.25) is 5.30 Å². The van der Waals surface area contributed by atoms with Gasteiger partial charge in [0.15, 0.2) is 0 Å². The molecule has 0 radical (unpaired) electrons. The summed E-state index contributed by atoms with van der Waals surface area (Å²) in [5.41, 5.74) is 1.18. The molecule has 0 spiro atoms. The highest BCUT2D eigenvalue weighted by molar-refractivity contribution is 7.47. The molecule has 0 aliphatic rings. The van der Waals surface area contributed by atoms with Crippen molar-refractivity contribution in [3.05, 3.63) is 69.8 Å². The Balaban J connectivity index is 2.55. The van der Waals surface area contributed by atoms with Crippen molar-refractivity contribution in [2.75, 3.05) is 0 Å². The molecule has 2 unspecified atom stereocenters. The molecular weight excluding hydrogens is 277 g/mol. The van der Waals surface area contributed by atoms with E-state index < -0.39 is 13.0 Å². The lowest BCUT2D eigenvalue weighted by atomic mass is 9.92. The first-order valence-electron chi connectivity index (χ1n) is 6.00. The summed E-state index contributed by atoms with van der Waals surface area (Å²) in [6.45, 7) is 1.79. The summed E-state index contributed by atoms with van der Waals surface area (Å²) in [7, 11) is -2.48. The van der Waals surface area contributed by atoms with E-state index in [4.69, 9.17) is 0 Å². The van der Waals surface area contributed by atoms with E-state index in [2.05, 4.69) is 0 Å². The number of nitrogens with zero attached hydrogens (tertiary/aromatic N) is 1. The second-order valence-electron chi connectivity index (χ2n) is 4.37. The predicted octanol–water partition coefficient (Wildman–Crippen LogP) is 3.11. The van der Waals surface area contributed by atoms with E-state index >= 15 is 0 Å². The van der Waals surface area contributed by atoms with Crippen LogP contribution in [0.4, 0.5) is 5.69 Å². The Morgan fingerprint density at radius 1 is 1.10 bits per heavy atom. The van der Waals surface area contributed by atoms with Gasteiger partial charge in [0.1, 0.15) is 0 Å². The van der Waals surface area contributed by atoms with E-state index in [1.807, 2.05) is 0 Å². The van der Waals surface area contributed by atoms with Crippen molar-refractivity contribution in [3.63, 3.8) is 0 Å². The Morgan fingerprint density at radius 2 is 1.65 bits per heavy atom. The molecule has 0 aliphatic carbocycles. The summed E-state index contributed by atoms with van der Waals surface area (Å²) in [6.07, 6.45) is 0. The van der Waals surface area contributed by atoms with Crippen LogP contribution < -0.4 is 5.30 Å². The van der Waals surface area contributed by atoms with E-state index in [-0.39, 0.29) is 11.6 Å². The summed E-state index contributed by atoms with van der Waals surface area (Å²) in [5, 5.41) is 11.4. The molecule has 2 rings (SSSR count). The molecule has 20 heavy (non-hydrogen) atoms. The zero-order chi connectivity index (χ0) is 14.7. The second kappa shape index (κ2) is 5.90. The Morgan fingerprint density at radius 3 is 2.25 bits per heavy atom. The molecule has 0 bridgehead atoms. The van der Waals surface area contributed by atoms with Gasteiger partial charge in [-0.1, -0.05) is 43.3 Å². The molecule has 1 N–H and O–H groups in total. The molecule has 6 heteroatoms. The smallest absolute Gasteiger partial charge is 0.258 e. The highest BCUT2D eigenvalue weighted by Crippen LogP contribution is 2.32. The fraction of sp³-hybridized carbons (Fsp3) is 0.143. The zero-order valence-electron chi connectivity index (χ0n) is 10.8. The largest absolute Gasteiger partial charge is 0.546 e. The average Bonchev–Trinajstić information content (AvgIpc) is 2.46. The normalized spacial score (nSPS) is 12.8. The third kappa shape index (κ3) is 2.74. The fourth-order valence-corrected chi connectivity index (χ4v) is 2.92. The van der Waals surface area contributed by atoms with Gasteiger partial charge in [0.05, 0.1) is 4.92 Å². The Hall–Kier alpha value is -2.10. The third-order valence-electron chi connectivity index (χ3n) is 3.21. The first-order valence-corrected chi connectivity index (χ1v) is 7.22. The Kier molecular flexibility index (Phi) is 4.23. The van der Waals surface area contributed by atoms with Gasteiger partial charge in [-0.05, 0) is 10.6 Å². The minimum absolute atomic E-state index is 0.0166. The highest BCUT2D eigenvalue weighted by atomic mass is 31.1. The molecule has 0 aromatic heterocycles. The standard InChI is InChI=1S/C14H12NO4P/c1-10(11-6-2-4-8-13(11)15(16)17)12-7-3-5-9-14(12)20(18)19/h2-10H,1H3/p+1. The van der Waals surface area contributed by atoms with Crippen molar-refractivity contribution in [2.24, 2.45) is 0 Å². The number of nitro groups is 1. The van der Waals surface area contributed by atoms with Crippen molar-refractivity contribution in [2.45, 2.75) is 12.8 Å². The topological polar surface area (TPSA) is 80.4 Å². The van der Waals surface area contributed by atoms with Crippen molar-refractivity contribution >= 4 is 19.0 Å². The highest BCUT2D eigenvalue weighted by Gasteiger charge is 2.28. The number of hydrogen-bond donors (Lipinski definition) is 1. The SMILES string of the molecule is CC(c1ccccc1[N+](=O)[O-])c1ccccc1[P+](=O)O. The minimum Gasteiger partial charge on any atom is -0.258 e. The predicted molar refractivity (Wildman–Crippen MR) is 76.5 cm³/mol. The van der Waals surface area contributed by atoms with Gasteiger partial charge in [0, 0.05) is 23.1 Å². The first kappa shape index (κ1) is 14.3.